The molecule has 0 heterocycles. The Hall–Kier alpha value is -2.58. The van der Waals surface area contributed by atoms with E-state index in [0.717, 1.165) is 5.56 Å². The van der Waals surface area contributed by atoms with Crippen LogP contribution in [0.1, 0.15) is 24.1 Å². The van der Waals surface area contributed by atoms with Crippen molar-refractivity contribution in [3.8, 4) is 6.07 Å². The Bertz CT molecular complexity index is 725. The molecule has 0 saturated carbocycles. The molecule has 0 radical (unpaired) electrons. The highest BCUT2D eigenvalue weighted by molar-refractivity contribution is 6.30. The van der Waals surface area contributed by atoms with Crippen LogP contribution in [0.25, 0.3) is 0 Å². The molecule has 2 rings (SSSR count). The van der Waals surface area contributed by atoms with Gasteiger partial charge in [0, 0.05) is 17.1 Å². The zero-order valence-electron chi connectivity index (χ0n) is 11.2. The van der Waals surface area contributed by atoms with Gasteiger partial charge in [0.25, 0.3) is 5.69 Å². The molecule has 0 fully saturated rings. The first-order valence-corrected chi connectivity index (χ1v) is 6.59. The summed E-state index contributed by atoms with van der Waals surface area (Å²) < 4.78 is 0. The third-order valence-corrected chi connectivity index (χ3v) is 3.28. The number of hydrogen-bond acceptors (Lipinski definition) is 4. The first-order valence-electron chi connectivity index (χ1n) is 6.22. The van der Waals surface area contributed by atoms with Crippen LogP contribution in [0, 0.1) is 21.4 Å². The molecule has 21 heavy (non-hydrogen) atoms. The minimum Gasteiger partial charge on any atom is -0.373 e. The van der Waals surface area contributed by atoms with Crippen molar-refractivity contribution in [2.75, 3.05) is 5.32 Å². The second-order valence-corrected chi connectivity index (χ2v) is 4.96. The quantitative estimate of drug-likeness (QED) is 0.674. The number of halogens is 1. The number of rotatable bonds is 4. The smallest absolute Gasteiger partial charge is 0.292 e. The zero-order chi connectivity index (χ0) is 15.4. The van der Waals surface area contributed by atoms with E-state index in [1.807, 2.05) is 25.1 Å². The van der Waals surface area contributed by atoms with E-state index in [2.05, 4.69) is 5.32 Å². The number of hydrogen-bond donors (Lipinski definition) is 1. The van der Waals surface area contributed by atoms with E-state index in [4.69, 9.17) is 16.9 Å². The summed E-state index contributed by atoms with van der Waals surface area (Å²) in [5, 5.41) is 23.6. The largest absolute Gasteiger partial charge is 0.373 e. The van der Waals surface area contributed by atoms with Crippen LogP contribution in [-0.2, 0) is 0 Å². The normalized spacial score (nSPS) is 11.5. The zero-order valence-corrected chi connectivity index (χ0v) is 12.0. The number of nitro groups is 1. The summed E-state index contributed by atoms with van der Waals surface area (Å²) in [6.07, 6.45) is 0. The standard InChI is InChI=1S/C15H12ClN3O2/c1-10(12-3-2-4-13(16)8-12)18-14-7-11(9-17)5-6-15(14)19(20)21/h2-8,10,18H,1H3. The van der Waals surface area contributed by atoms with Crippen LogP contribution in [-0.4, -0.2) is 4.92 Å². The summed E-state index contributed by atoms with van der Waals surface area (Å²) in [4.78, 5) is 10.6. The van der Waals surface area contributed by atoms with Crippen LogP contribution < -0.4 is 5.32 Å². The second-order valence-electron chi connectivity index (χ2n) is 4.52. The van der Waals surface area contributed by atoms with Crippen molar-refractivity contribution < 1.29 is 4.92 Å². The summed E-state index contributed by atoms with van der Waals surface area (Å²) in [6.45, 7) is 1.87. The second kappa shape index (κ2) is 6.25. The summed E-state index contributed by atoms with van der Waals surface area (Å²) >= 11 is 5.94. The maximum atomic E-state index is 11.1. The summed E-state index contributed by atoms with van der Waals surface area (Å²) in [5.41, 5.74) is 1.51. The molecule has 6 heteroatoms. The van der Waals surface area contributed by atoms with E-state index in [1.165, 1.54) is 18.2 Å². The summed E-state index contributed by atoms with van der Waals surface area (Å²) in [5.74, 6) is 0. The number of nitro benzene ring substituents is 1. The van der Waals surface area contributed by atoms with Crippen molar-refractivity contribution >= 4 is 23.0 Å². The third kappa shape index (κ3) is 3.50. The van der Waals surface area contributed by atoms with Gasteiger partial charge < -0.3 is 5.32 Å². The molecule has 5 nitrogen and oxygen atoms in total. The number of nitriles is 1. The third-order valence-electron chi connectivity index (χ3n) is 3.04. The van der Waals surface area contributed by atoms with Gasteiger partial charge in [0.15, 0.2) is 0 Å². The molecule has 2 aromatic rings. The van der Waals surface area contributed by atoms with Gasteiger partial charge in [0.1, 0.15) is 5.69 Å². The fraction of sp³-hybridized carbons (Fsp3) is 0.133. The van der Waals surface area contributed by atoms with Crippen LogP contribution in [0.3, 0.4) is 0 Å². The van der Waals surface area contributed by atoms with Gasteiger partial charge in [-0.1, -0.05) is 23.7 Å². The summed E-state index contributed by atoms with van der Waals surface area (Å²) in [7, 11) is 0. The highest BCUT2D eigenvalue weighted by atomic mass is 35.5. The molecular weight excluding hydrogens is 290 g/mol. The number of benzene rings is 2. The van der Waals surface area contributed by atoms with Gasteiger partial charge in [-0.3, -0.25) is 10.1 Å². The average molecular weight is 302 g/mol. The Morgan fingerprint density at radius 1 is 1.33 bits per heavy atom. The van der Waals surface area contributed by atoms with E-state index in [-0.39, 0.29) is 11.7 Å². The molecule has 1 N–H and O–H groups in total. The minimum absolute atomic E-state index is 0.0668. The van der Waals surface area contributed by atoms with Crippen LogP contribution >= 0.6 is 11.6 Å². The molecule has 1 unspecified atom stereocenters. The molecule has 0 aliphatic carbocycles. The maximum absolute atomic E-state index is 11.1. The lowest BCUT2D eigenvalue weighted by Crippen LogP contribution is -2.08. The Morgan fingerprint density at radius 2 is 2.10 bits per heavy atom. The first-order chi connectivity index (χ1) is 10.0. The molecule has 0 aliphatic heterocycles. The van der Waals surface area contributed by atoms with Gasteiger partial charge in [-0.25, -0.2) is 0 Å². The minimum atomic E-state index is -0.478. The summed E-state index contributed by atoms with van der Waals surface area (Å²) in [6, 6.07) is 13.3. The monoisotopic (exact) mass is 301 g/mol. The van der Waals surface area contributed by atoms with E-state index >= 15 is 0 Å². The molecule has 0 amide bonds. The van der Waals surface area contributed by atoms with Gasteiger partial charge in [-0.15, -0.1) is 0 Å². The number of nitrogens with zero attached hydrogens (tertiary/aromatic N) is 2. The first kappa shape index (κ1) is 14.8. The SMILES string of the molecule is CC(Nc1cc(C#N)ccc1[N+](=O)[O-])c1cccc(Cl)c1. The van der Waals surface area contributed by atoms with Crippen molar-refractivity contribution in [1.82, 2.24) is 0 Å². The highest BCUT2D eigenvalue weighted by Crippen LogP contribution is 2.29. The lowest BCUT2D eigenvalue weighted by atomic mass is 10.1. The van der Waals surface area contributed by atoms with E-state index in [0.29, 0.717) is 16.3 Å². The Kier molecular flexibility index (Phi) is 4.41. The average Bonchev–Trinajstić information content (AvgIpc) is 2.46. The molecule has 1 atom stereocenters. The topological polar surface area (TPSA) is 79.0 Å². The van der Waals surface area contributed by atoms with Gasteiger partial charge >= 0.3 is 0 Å². The molecule has 0 aromatic heterocycles. The Balaban J connectivity index is 2.34. The molecule has 0 saturated heterocycles. The maximum Gasteiger partial charge on any atom is 0.292 e. The van der Waals surface area contributed by atoms with Crippen LogP contribution in [0.15, 0.2) is 42.5 Å². The predicted molar refractivity (Wildman–Crippen MR) is 81.3 cm³/mol. The highest BCUT2D eigenvalue weighted by Gasteiger charge is 2.16. The molecule has 0 spiro atoms. The van der Waals surface area contributed by atoms with Crippen LogP contribution in [0.5, 0.6) is 0 Å². The predicted octanol–water partition coefficient (Wildman–Crippen LogP) is 4.29. The van der Waals surface area contributed by atoms with Crippen molar-refractivity contribution in [1.29, 1.82) is 5.26 Å². The van der Waals surface area contributed by atoms with Gasteiger partial charge in [-0.05, 0) is 36.8 Å². The van der Waals surface area contributed by atoms with E-state index in [1.54, 1.807) is 12.1 Å². The number of nitrogens with one attached hydrogen (secondary N) is 1. The fourth-order valence-electron chi connectivity index (χ4n) is 1.97. The molecule has 0 bridgehead atoms. The number of anilines is 1. The van der Waals surface area contributed by atoms with Gasteiger partial charge in [0.2, 0.25) is 0 Å². The van der Waals surface area contributed by atoms with Gasteiger partial charge in [-0.2, -0.15) is 5.26 Å². The lowest BCUT2D eigenvalue weighted by Gasteiger charge is -2.16. The Morgan fingerprint density at radius 3 is 2.71 bits per heavy atom. The van der Waals surface area contributed by atoms with E-state index in [9.17, 15) is 10.1 Å². The molecule has 0 aliphatic rings. The van der Waals surface area contributed by atoms with Crippen LogP contribution in [0.4, 0.5) is 11.4 Å². The van der Waals surface area contributed by atoms with Crippen molar-refractivity contribution in [2.45, 2.75) is 13.0 Å². The molecular formula is C15H12ClN3O2. The molecule has 2 aromatic carbocycles. The van der Waals surface area contributed by atoms with E-state index < -0.39 is 4.92 Å². The van der Waals surface area contributed by atoms with Crippen molar-refractivity contribution in [3.05, 3.63) is 68.7 Å². The lowest BCUT2D eigenvalue weighted by molar-refractivity contribution is -0.384. The van der Waals surface area contributed by atoms with Gasteiger partial charge in [0.05, 0.1) is 16.6 Å². The fourth-order valence-corrected chi connectivity index (χ4v) is 2.17. The van der Waals surface area contributed by atoms with Crippen LogP contribution in [0.2, 0.25) is 5.02 Å². The van der Waals surface area contributed by atoms with Crippen molar-refractivity contribution in [3.63, 3.8) is 0 Å². The Labute approximate surface area is 126 Å². The van der Waals surface area contributed by atoms with Crippen molar-refractivity contribution in [2.24, 2.45) is 0 Å². The molecule has 106 valence electrons.